The molecule has 1 heterocycles. The first-order chi connectivity index (χ1) is 7.40. The fraction of sp³-hybridized carbons (Fsp3) is 0.167. The molecule has 0 saturated heterocycles. The van der Waals surface area contributed by atoms with E-state index in [4.69, 9.17) is 0 Å². The van der Waals surface area contributed by atoms with Crippen LogP contribution < -0.4 is 5.32 Å². The number of hydrogen-bond donors (Lipinski definition) is 1. The van der Waals surface area contributed by atoms with E-state index in [1.54, 1.807) is 6.33 Å². The molecule has 0 amide bonds. The largest absolute Gasteiger partial charge is 0.316 e. The summed E-state index contributed by atoms with van der Waals surface area (Å²) in [4.78, 5) is 7.99. The molecule has 0 aliphatic carbocycles. The van der Waals surface area contributed by atoms with Crippen molar-refractivity contribution in [2.24, 2.45) is 0 Å². The summed E-state index contributed by atoms with van der Waals surface area (Å²) in [5.41, 5.74) is 3.47. The summed E-state index contributed by atoms with van der Waals surface area (Å²) in [5.74, 6) is 0. The minimum absolute atomic E-state index is 0.894. The maximum Gasteiger partial charge on any atom is 0.115 e. The van der Waals surface area contributed by atoms with Crippen LogP contribution in [0.5, 0.6) is 0 Å². The van der Waals surface area contributed by atoms with Gasteiger partial charge in [-0.15, -0.1) is 0 Å². The van der Waals surface area contributed by atoms with E-state index in [-0.39, 0.29) is 0 Å². The van der Waals surface area contributed by atoms with Gasteiger partial charge in [-0.25, -0.2) is 9.97 Å². The van der Waals surface area contributed by atoms with E-state index in [2.05, 4.69) is 39.6 Å². The topological polar surface area (TPSA) is 37.8 Å². The molecule has 0 bridgehead atoms. The number of aromatic nitrogens is 2. The average Bonchev–Trinajstić information content (AvgIpc) is 2.32. The quantitative estimate of drug-likeness (QED) is 0.820. The second-order valence-corrected chi connectivity index (χ2v) is 3.35. The second kappa shape index (κ2) is 4.66. The van der Waals surface area contributed by atoms with Gasteiger partial charge in [0, 0.05) is 24.5 Å². The predicted molar refractivity (Wildman–Crippen MR) is 60.2 cm³/mol. The fourth-order valence-electron chi connectivity index (χ4n) is 1.47. The molecule has 1 aromatic heterocycles. The van der Waals surface area contributed by atoms with Crippen molar-refractivity contribution in [2.45, 2.75) is 6.54 Å². The van der Waals surface area contributed by atoms with E-state index in [0.717, 1.165) is 17.7 Å². The molecule has 0 atom stereocenters. The van der Waals surface area contributed by atoms with E-state index in [1.165, 1.54) is 5.56 Å². The summed E-state index contributed by atoms with van der Waals surface area (Å²) in [6.07, 6.45) is 5.18. The standard InChI is InChI=1S/C12H13N3/c1-13-6-10-2-4-11(5-3-10)12-7-14-9-15-8-12/h2-5,7-9,13H,6H2,1H3. The van der Waals surface area contributed by atoms with Gasteiger partial charge in [0.05, 0.1) is 0 Å². The molecule has 0 spiro atoms. The van der Waals surface area contributed by atoms with Crippen LogP contribution in [0.4, 0.5) is 0 Å². The number of nitrogens with zero attached hydrogens (tertiary/aromatic N) is 2. The Balaban J connectivity index is 2.24. The number of nitrogens with one attached hydrogen (secondary N) is 1. The molecule has 76 valence electrons. The van der Waals surface area contributed by atoms with E-state index < -0.39 is 0 Å². The zero-order valence-electron chi connectivity index (χ0n) is 8.64. The maximum atomic E-state index is 4.00. The first-order valence-electron chi connectivity index (χ1n) is 4.89. The lowest BCUT2D eigenvalue weighted by atomic mass is 10.1. The predicted octanol–water partition coefficient (Wildman–Crippen LogP) is 1.86. The minimum Gasteiger partial charge on any atom is -0.316 e. The summed E-state index contributed by atoms with van der Waals surface area (Å²) in [5, 5.41) is 3.12. The Labute approximate surface area is 89.2 Å². The Kier molecular flexibility index (Phi) is 3.05. The normalized spacial score (nSPS) is 10.2. The molecule has 0 fully saturated rings. The number of rotatable bonds is 3. The van der Waals surface area contributed by atoms with Crippen molar-refractivity contribution < 1.29 is 0 Å². The monoisotopic (exact) mass is 199 g/mol. The van der Waals surface area contributed by atoms with E-state index >= 15 is 0 Å². The Morgan fingerprint density at radius 2 is 1.67 bits per heavy atom. The Bertz CT molecular complexity index is 409. The van der Waals surface area contributed by atoms with Gasteiger partial charge in [-0.1, -0.05) is 24.3 Å². The van der Waals surface area contributed by atoms with Crippen LogP contribution in [-0.4, -0.2) is 17.0 Å². The van der Waals surface area contributed by atoms with E-state index in [0.29, 0.717) is 0 Å². The van der Waals surface area contributed by atoms with Crippen molar-refractivity contribution in [1.82, 2.24) is 15.3 Å². The summed E-state index contributed by atoms with van der Waals surface area (Å²) in [6.45, 7) is 0.894. The van der Waals surface area contributed by atoms with Crippen LogP contribution in [0.1, 0.15) is 5.56 Å². The lowest BCUT2D eigenvalue weighted by Crippen LogP contribution is -2.04. The molecule has 3 heteroatoms. The van der Waals surface area contributed by atoms with Crippen molar-refractivity contribution in [2.75, 3.05) is 7.05 Å². The third kappa shape index (κ3) is 2.39. The van der Waals surface area contributed by atoms with Crippen LogP contribution >= 0.6 is 0 Å². The SMILES string of the molecule is CNCc1ccc(-c2cncnc2)cc1. The van der Waals surface area contributed by atoms with Crippen LogP contribution in [0.15, 0.2) is 43.0 Å². The molecule has 2 aromatic rings. The second-order valence-electron chi connectivity index (χ2n) is 3.35. The molecule has 0 aliphatic rings. The van der Waals surface area contributed by atoms with Gasteiger partial charge in [0.1, 0.15) is 6.33 Å². The molecule has 3 nitrogen and oxygen atoms in total. The van der Waals surface area contributed by atoms with Crippen LogP contribution in [0, 0.1) is 0 Å². The molecule has 1 N–H and O–H groups in total. The summed E-state index contributed by atoms with van der Waals surface area (Å²) in [7, 11) is 1.94. The minimum atomic E-state index is 0.894. The summed E-state index contributed by atoms with van der Waals surface area (Å²) >= 11 is 0. The zero-order valence-corrected chi connectivity index (χ0v) is 8.64. The molecule has 15 heavy (non-hydrogen) atoms. The van der Waals surface area contributed by atoms with Crippen molar-refractivity contribution in [3.8, 4) is 11.1 Å². The molecule has 0 unspecified atom stereocenters. The molecule has 0 saturated carbocycles. The van der Waals surface area contributed by atoms with Gasteiger partial charge in [0.2, 0.25) is 0 Å². The fourth-order valence-corrected chi connectivity index (χ4v) is 1.47. The smallest absolute Gasteiger partial charge is 0.115 e. The van der Waals surface area contributed by atoms with Crippen LogP contribution in [0.25, 0.3) is 11.1 Å². The van der Waals surface area contributed by atoms with Crippen LogP contribution in [-0.2, 0) is 6.54 Å². The van der Waals surface area contributed by atoms with Gasteiger partial charge in [0.15, 0.2) is 0 Å². The van der Waals surface area contributed by atoms with Gasteiger partial charge < -0.3 is 5.32 Å². The lowest BCUT2D eigenvalue weighted by molar-refractivity contribution is 0.818. The Hall–Kier alpha value is -1.74. The molecular weight excluding hydrogens is 186 g/mol. The van der Waals surface area contributed by atoms with Crippen LogP contribution in [0.3, 0.4) is 0 Å². The zero-order chi connectivity index (χ0) is 10.5. The van der Waals surface area contributed by atoms with Gasteiger partial charge in [-0.05, 0) is 18.2 Å². The van der Waals surface area contributed by atoms with Gasteiger partial charge in [-0.3, -0.25) is 0 Å². The van der Waals surface area contributed by atoms with E-state index in [1.807, 2.05) is 19.4 Å². The van der Waals surface area contributed by atoms with Gasteiger partial charge in [-0.2, -0.15) is 0 Å². The van der Waals surface area contributed by atoms with Crippen LogP contribution in [0.2, 0.25) is 0 Å². The lowest BCUT2D eigenvalue weighted by Gasteiger charge is -2.02. The third-order valence-electron chi connectivity index (χ3n) is 2.23. The molecule has 0 radical (unpaired) electrons. The number of benzene rings is 1. The average molecular weight is 199 g/mol. The summed E-state index contributed by atoms with van der Waals surface area (Å²) in [6, 6.07) is 8.40. The molecule has 1 aromatic carbocycles. The first kappa shape index (κ1) is 9.80. The molecule has 0 aliphatic heterocycles. The third-order valence-corrected chi connectivity index (χ3v) is 2.23. The van der Waals surface area contributed by atoms with E-state index in [9.17, 15) is 0 Å². The van der Waals surface area contributed by atoms with Crippen molar-refractivity contribution in [3.63, 3.8) is 0 Å². The highest BCUT2D eigenvalue weighted by Gasteiger charge is 1.97. The highest BCUT2D eigenvalue weighted by Crippen LogP contribution is 2.17. The molecular formula is C12H13N3. The first-order valence-corrected chi connectivity index (χ1v) is 4.89. The maximum absolute atomic E-state index is 4.00. The van der Waals surface area contributed by atoms with Crippen molar-refractivity contribution >= 4 is 0 Å². The summed E-state index contributed by atoms with van der Waals surface area (Å²) < 4.78 is 0. The van der Waals surface area contributed by atoms with Gasteiger partial charge >= 0.3 is 0 Å². The highest BCUT2D eigenvalue weighted by molar-refractivity contribution is 5.61. The molecule has 2 rings (SSSR count). The van der Waals surface area contributed by atoms with Gasteiger partial charge in [0.25, 0.3) is 0 Å². The Morgan fingerprint density at radius 3 is 2.27 bits per heavy atom. The van der Waals surface area contributed by atoms with Crippen molar-refractivity contribution in [1.29, 1.82) is 0 Å². The highest BCUT2D eigenvalue weighted by atomic mass is 14.8. The van der Waals surface area contributed by atoms with Crippen molar-refractivity contribution in [3.05, 3.63) is 48.5 Å². The Morgan fingerprint density at radius 1 is 1.00 bits per heavy atom. The number of hydrogen-bond acceptors (Lipinski definition) is 3.